The van der Waals surface area contributed by atoms with E-state index in [1.807, 2.05) is 24.5 Å². The summed E-state index contributed by atoms with van der Waals surface area (Å²) in [6, 6.07) is 10.2. The van der Waals surface area contributed by atoms with Gasteiger partial charge < -0.3 is 14.5 Å². The highest BCUT2D eigenvalue weighted by atomic mass is 35.5. The van der Waals surface area contributed by atoms with E-state index in [-0.39, 0.29) is 16.3 Å². The van der Waals surface area contributed by atoms with Crippen molar-refractivity contribution >= 4 is 33.9 Å². The van der Waals surface area contributed by atoms with Gasteiger partial charge in [0.2, 0.25) is 0 Å². The predicted molar refractivity (Wildman–Crippen MR) is 106 cm³/mol. The third-order valence-corrected chi connectivity index (χ3v) is 4.94. The van der Waals surface area contributed by atoms with Gasteiger partial charge in [-0.3, -0.25) is 4.79 Å². The van der Waals surface area contributed by atoms with E-state index >= 15 is 0 Å². The Kier molecular flexibility index (Phi) is 4.20. The molecule has 7 heteroatoms. The average molecular weight is 383 g/mol. The Balaban J connectivity index is 1.86. The summed E-state index contributed by atoms with van der Waals surface area (Å²) in [6.07, 6.45) is 5.15. The zero-order valence-electron chi connectivity index (χ0n) is 14.7. The minimum Gasteiger partial charge on any atom is -0.352 e. The van der Waals surface area contributed by atoms with Gasteiger partial charge in [0.05, 0.1) is 33.6 Å². The molecule has 1 N–H and O–H groups in total. The number of rotatable bonds is 3. The Labute approximate surface area is 159 Å². The molecule has 5 nitrogen and oxygen atoms in total. The van der Waals surface area contributed by atoms with Gasteiger partial charge in [-0.15, -0.1) is 0 Å². The molecule has 0 radical (unpaired) electrons. The van der Waals surface area contributed by atoms with Gasteiger partial charge in [0.1, 0.15) is 5.82 Å². The van der Waals surface area contributed by atoms with E-state index in [4.69, 9.17) is 11.6 Å². The molecule has 0 spiro atoms. The summed E-state index contributed by atoms with van der Waals surface area (Å²) in [5.41, 5.74) is 2.52. The van der Waals surface area contributed by atoms with E-state index in [2.05, 4.69) is 10.3 Å². The van der Waals surface area contributed by atoms with Crippen molar-refractivity contribution in [2.45, 2.75) is 6.92 Å². The number of anilines is 2. The first-order valence-corrected chi connectivity index (χ1v) is 8.68. The highest BCUT2D eigenvalue weighted by molar-refractivity contribution is 6.35. The molecule has 4 aromatic rings. The fraction of sp³-hybridized carbons (Fsp3) is 0.100. The van der Waals surface area contributed by atoms with Crippen LogP contribution in [0.15, 0.2) is 59.9 Å². The van der Waals surface area contributed by atoms with Crippen LogP contribution in [-0.4, -0.2) is 14.1 Å². The molecule has 0 atom stereocenters. The predicted octanol–water partition coefficient (Wildman–Crippen LogP) is 4.57. The molecule has 0 unspecified atom stereocenters. The van der Waals surface area contributed by atoms with Gasteiger partial charge in [0.15, 0.2) is 0 Å². The van der Waals surface area contributed by atoms with Crippen molar-refractivity contribution < 1.29 is 4.39 Å². The number of aryl methyl sites for hydroxylation is 2. The van der Waals surface area contributed by atoms with Crippen molar-refractivity contribution in [2.24, 2.45) is 7.05 Å². The second-order valence-electron chi connectivity index (χ2n) is 6.26. The highest BCUT2D eigenvalue weighted by Crippen LogP contribution is 2.35. The maximum Gasteiger partial charge on any atom is 0.261 e. The monoisotopic (exact) mass is 382 g/mol. The first-order valence-electron chi connectivity index (χ1n) is 8.30. The van der Waals surface area contributed by atoms with Crippen molar-refractivity contribution in [1.29, 1.82) is 0 Å². The van der Waals surface area contributed by atoms with Gasteiger partial charge >= 0.3 is 0 Å². The van der Waals surface area contributed by atoms with Crippen molar-refractivity contribution in [1.82, 2.24) is 14.1 Å². The molecule has 0 saturated carbocycles. The molecule has 0 amide bonds. The van der Waals surface area contributed by atoms with E-state index in [1.54, 1.807) is 36.7 Å². The summed E-state index contributed by atoms with van der Waals surface area (Å²) >= 11 is 6.48. The maximum atomic E-state index is 14.5. The van der Waals surface area contributed by atoms with Crippen LogP contribution in [0.25, 0.3) is 16.6 Å². The van der Waals surface area contributed by atoms with Gasteiger partial charge in [-0.2, -0.15) is 0 Å². The Hall–Kier alpha value is -3.12. The van der Waals surface area contributed by atoms with Gasteiger partial charge in [0.25, 0.3) is 5.56 Å². The molecule has 136 valence electrons. The molecule has 0 aliphatic carbocycles. The first-order chi connectivity index (χ1) is 13.0. The second kappa shape index (κ2) is 6.55. The number of fused-ring (bicyclic) bond motifs is 1. The number of hydrogen-bond acceptors (Lipinski definition) is 3. The normalized spacial score (nSPS) is 11.1. The molecule has 2 aromatic carbocycles. The summed E-state index contributed by atoms with van der Waals surface area (Å²) in [6.45, 7) is 1.80. The zero-order chi connectivity index (χ0) is 19.1. The van der Waals surface area contributed by atoms with Crippen LogP contribution in [0.5, 0.6) is 0 Å². The molecular weight excluding hydrogens is 367 g/mol. The van der Waals surface area contributed by atoms with Crippen molar-refractivity contribution in [2.75, 3.05) is 5.32 Å². The smallest absolute Gasteiger partial charge is 0.261 e. The molecule has 0 fully saturated rings. The van der Waals surface area contributed by atoms with Crippen LogP contribution in [0, 0.1) is 12.7 Å². The third kappa shape index (κ3) is 2.88. The Morgan fingerprint density at radius 1 is 1.15 bits per heavy atom. The van der Waals surface area contributed by atoms with E-state index in [1.165, 1.54) is 17.0 Å². The van der Waals surface area contributed by atoms with Gasteiger partial charge in [-0.05, 0) is 48.9 Å². The highest BCUT2D eigenvalue weighted by Gasteiger charge is 2.16. The van der Waals surface area contributed by atoms with Gasteiger partial charge in [-0.1, -0.05) is 11.6 Å². The lowest BCUT2D eigenvalue weighted by Gasteiger charge is -2.16. The fourth-order valence-corrected chi connectivity index (χ4v) is 3.37. The Bertz CT molecular complexity index is 1220. The zero-order valence-corrected chi connectivity index (χ0v) is 15.5. The summed E-state index contributed by atoms with van der Waals surface area (Å²) in [4.78, 5) is 16.8. The molecule has 27 heavy (non-hydrogen) atoms. The van der Waals surface area contributed by atoms with Crippen LogP contribution in [0.4, 0.5) is 15.8 Å². The molecule has 2 aromatic heterocycles. The SMILES string of the molecule is Cc1c(Nc2c(F)ccc(-n3cccc3)c2Cl)ccc2ncn(C)c(=O)c12. The number of nitrogens with one attached hydrogen (secondary N) is 1. The number of benzene rings is 2. The van der Waals surface area contributed by atoms with Gasteiger partial charge in [0, 0.05) is 25.1 Å². The van der Waals surface area contributed by atoms with Crippen LogP contribution in [-0.2, 0) is 7.05 Å². The van der Waals surface area contributed by atoms with Crippen molar-refractivity contribution in [3.8, 4) is 5.69 Å². The maximum absolute atomic E-state index is 14.5. The van der Waals surface area contributed by atoms with Crippen LogP contribution < -0.4 is 10.9 Å². The average Bonchev–Trinajstić information content (AvgIpc) is 3.17. The number of halogens is 2. The molecule has 0 aliphatic rings. The molecular formula is C20H16ClFN4O. The lowest BCUT2D eigenvalue weighted by molar-refractivity contribution is 0.631. The summed E-state index contributed by atoms with van der Waals surface area (Å²) < 4.78 is 17.7. The molecule has 2 heterocycles. The lowest BCUT2D eigenvalue weighted by Crippen LogP contribution is -2.18. The standard InChI is InChI=1S/C20H16ClFN4O/c1-12-14(6-7-15-17(12)20(27)25(2)11-23-15)24-19-13(22)5-8-16(18(19)21)26-9-3-4-10-26/h3-11,24H,1-2H3. The largest absolute Gasteiger partial charge is 0.352 e. The van der Waals surface area contributed by atoms with E-state index < -0.39 is 5.82 Å². The summed E-state index contributed by atoms with van der Waals surface area (Å²) in [5, 5.41) is 3.80. The first kappa shape index (κ1) is 17.3. The molecule has 0 bridgehead atoms. The summed E-state index contributed by atoms with van der Waals surface area (Å²) in [7, 11) is 1.64. The Morgan fingerprint density at radius 2 is 1.89 bits per heavy atom. The summed E-state index contributed by atoms with van der Waals surface area (Å²) in [5.74, 6) is -0.477. The Morgan fingerprint density at radius 3 is 2.63 bits per heavy atom. The van der Waals surface area contributed by atoms with E-state index in [9.17, 15) is 9.18 Å². The van der Waals surface area contributed by atoms with Crippen molar-refractivity contribution in [3.05, 3.63) is 81.9 Å². The topological polar surface area (TPSA) is 51.9 Å². The molecule has 0 aliphatic heterocycles. The minimum atomic E-state index is -0.477. The quantitative estimate of drug-likeness (QED) is 0.564. The van der Waals surface area contributed by atoms with Crippen LogP contribution in [0.1, 0.15) is 5.56 Å². The third-order valence-electron chi connectivity index (χ3n) is 4.56. The number of aromatic nitrogens is 3. The second-order valence-corrected chi connectivity index (χ2v) is 6.64. The molecule has 0 saturated heterocycles. The minimum absolute atomic E-state index is 0.158. The lowest BCUT2D eigenvalue weighted by atomic mass is 10.1. The number of hydrogen-bond donors (Lipinski definition) is 1. The van der Waals surface area contributed by atoms with Crippen molar-refractivity contribution in [3.63, 3.8) is 0 Å². The van der Waals surface area contributed by atoms with E-state index in [0.717, 1.165) is 0 Å². The fourth-order valence-electron chi connectivity index (χ4n) is 3.07. The van der Waals surface area contributed by atoms with E-state index in [0.29, 0.717) is 27.8 Å². The number of nitrogens with zero attached hydrogens (tertiary/aromatic N) is 3. The molecule has 4 rings (SSSR count). The van der Waals surface area contributed by atoms with Crippen LogP contribution >= 0.6 is 11.6 Å². The van der Waals surface area contributed by atoms with Crippen LogP contribution in [0.2, 0.25) is 5.02 Å². The van der Waals surface area contributed by atoms with Crippen LogP contribution in [0.3, 0.4) is 0 Å². The van der Waals surface area contributed by atoms with Gasteiger partial charge in [-0.25, -0.2) is 9.37 Å².